The number of thiophene rings is 1. The highest BCUT2D eigenvalue weighted by molar-refractivity contribution is 8.07. The molecule has 3 rings (SSSR count). The van der Waals surface area contributed by atoms with Crippen LogP contribution in [0.15, 0.2) is 22.9 Å². The van der Waals surface area contributed by atoms with Crippen molar-refractivity contribution in [2.24, 2.45) is 0 Å². The maximum atomic E-state index is 12.1. The Morgan fingerprint density at radius 1 is 1.37 bits per heavy atom. The fraction of sp³-hybridized carbons (Fsp3) is 0.333. The average molecular weight is 329 g/mol. The summed E-state index contributed by atoms with van der Waals surface area (Å²) in [5.41, 5.74) is 0.945. The van der Waals surface area contributed by atoms with Crippen LogP contribution in [0.5, 0.6) is 0 Å². The Morgan fingerprint density at radius 3 is 3.05 bits per heavy atom. The van der Waals surface area contributed by atoms with Gasteiger partial charge in [0.2, 0.25) is 5.91 Å². The molecular weight excluding hydrogens is 316 g/mol. The van der Waals surface area contributed by atoms with Crippen LogP contribution in [0.2, 0.25) is 0 Å². The molecule has 3 heterocycles. The van der Waals surface area contributed by atoms with Crippen LogP contribution in [-0.4, -0.2) is 33.4 Å². The molecule has 0 radical (unpaired) electrons. The predicted octanol–water partition coefficient (Wildman–Crippen LogP) is 3.66. The zero-order valence-corrected chi connectivity index (χ0v) is 13.3. The largest absolute Gasteiger partial charge is 0.301 e. The first-order valence-corrected chi connectivity index (χ1v) is 9.79. The van der Waals surface area contributed by atoms with Gasteiger partial charge in [-0.2, -0.15) is 11.8 Å². The Hall–Kier alpha value is -0.500. The van der Waals surface area contributed by atoms with E-state index < -0.39 is 0 Å². The number of amides is 1. The smallest absolute Gasteiger partial charge is 0.240 e. The molecule has 2 aromatic rings. The number of nitrogens with zero attached hydrogens (tertiary/aromatic N) is 1. The van der Waals surface area contributed by atoms with Crippen LogP contribution < -0.4 is 5.32 Å². The summed E-state index contributed by atoms with van der Waals surface area (Å²) in [4.78, 5) is 17.7. The number of hydrogen-bond donors (Lipinski definition) is 1. The fourth-order valence-electron chi connectivity index (χ4n) is 1.69. The van der Waals surface area contributed by atoms with Gasteiger partial charge in [-0.05, 0) is 11.4 Å². The van der Waals surface area contributed by atoms with Gasteiger partial charge >= 0.3 is 0 Å². The molecule has 0 spiro atoms. The molecule has 0 aromatic carbocycles. The molecule has 1 aliphatic heterocycles. The van der Waals surface area contributed by atoms with Crippen molar-refractivity contribution in [2.75, 3.05) is 22.6 Å². The van der Waals surface area contributed by atoms with Gasteiger partial charge in [-0.25, -0.2) is 4.98 Å². The van der Waals surface area contributed by atoms with Crippen molar-refractivity contribution in [2.45, 2.75) is 5.25 Å². The number of hydrogen-bond acceptors (Lipinski definition) is 6. The van der Waals surface area contributed by atoms with E-state index >= 15 is 0 Å². The van der Waals surface area contributed by atoms with Crippen LogP contribution >= 0.6 is 46.2 Å². The van der Waals surface area contributed by atoms with Crippen molar-refractivity contribution >= 4 is 57.2 Å². The zero-order valence-electron chi connectivity index (χ0n) is 10.00. The van der Waals surface area contributed by atoms with Gasteiger partial charge in [0, 0.05) is 22.6 Å². The Bertz CT molecular complexity index is 546. The molecule has 1 saturated heterocycles. The first-order valence-electron chi connectivity index (χ1n) is 5.82. The maximum absolute atomic E-state index is 12.1. The molecule has 7 heteroatoms. The minimum atomic E-state index is 0.0628. The highest BCUT2D eigenvalue weighted by Crippen LogP contribution is 2.29. The molecule has 1 fully saturated rings. The van der Waals surface area contributed by atoms with E-state index in [9.17, 15) is 4.79 Å². The van der Waals surface area contributed by atoms with Crippen molar-refractivity contribution in [1.29, 1.82) is 0 Å². The lowest BCUT2D eigenvalue weighted by Gasteiger charge is -2.19. The molecule has 0 aliphatic carbocycles. The molecule has 1 atom stereocenters. The number of carbonyl (C=O) groups excluding carboxylic acids is 1. The monoisotopic (exact) mass is 328 g/mol. The van der Waals surface area contributed by atoms with E-state index in [1.54, 1.807) is 23.1 Å². The Morgan fingerprint density at radius 2 is 2.32 bits per heavy atom. The van der Waals surface area contributed by atoms with Gasteiger partial charge in [0.15, 0.2) is 5.13 Å². The zero-order chi connectivity index (χ0) is 13.1. The maximum Gasteiger partial charge on any atom is 0.240 e. The van der Waals surface area contributed by atoms with Crippen LogP contribution in [0.25, 0.3) is 10.6 Å². The standard InChI is InChI=1S/C12H12N2OS4/c15-11(10-7-16-4-5-18-10)14-12-13-8(6-19-12)9-2-1-3-17-9/h1-3,6,10H,4-5,7H2,(H,13,14,15)/t10-/m1/s1. The van der Waals surface area contributed by atoms with Gasteiger partial charge in [0.25, 0.3) is 0 Å². The van der Waals surface area contributed by atoms with Crippen molar-refractivity contribution < 1.29 is 4.79 Å². The van der Waals surface area contributed by atoms with Gasteiger partial charge in [0.05, 0.1) is 15.8 Å². The molecule has 0 bridgehead atoms. The van der Waals surface area contributed by atoms with Crippen molar-refractivity contribution in [3.8, 4) is 10.6 Å². The molecule has 1 aliphatic rings. The van der Waals surface area contributed by atoms with E-state index in [1.807, 2.05) is 34.7 Å². The molecule has 3 nitrogen and oxygen atoms in total. The molecule has 100 valence electrons. The number of rotatable bonds is 3. The second-order valence-electron chi connectivity index (χ2n) is 3.94. The van der Waals surface area contributed by atoms with Crippen molar-refractivity contribution in [3.05, 3.63) is 22.9 Å². The second kappa shape index (κ2) is 6.30. The number of aromatic nitrogens is 1. The first-order chi connectivity index (χ1) is 9.33. The summed E-state index contributed by atoms with van der Waals surface area (Å²) in [5, 5.41) is 7.72. The average Bonchev–Trinajstić information content (AvgIpc) is 3.10. The number of carbonyl (C=O) groups is 1. The van der Waals surface area contributed by atoms with Gasteiger partial charge in [-0.1, -0.05) is 6.07 Å². The van der Waals surface area contributed by atoms with Gasteiger partial charge in [-0.3, -0.25) is 4.79 Å². The normalized spacial score (nSPS) is 19.3. The van der Waals surface area contributed by atoms with E-state index in [0.717, 1.165) is 27.8 Å². The summed E-state index contributed by atoms with van der Waals surface area (Å²) < 4.78 is 0. The van der Waals surface area contributed by atoms with E-state index in [-0.39, 0.29) is 11.2 Å². The lowest BCUT2D eigenvalue weighted by molar-refractivity contribution is -0.115. The molecule has 19 heavy (non-hydrogen) atoms. The molecular formula is C12H12N2OS4. The summed E-state index contributed by atoms with van der Waals surface area (Å²) in [6.45, 7) is 0. The van der Waals surface area contributed by atoms with Gasteiger partial charge in [0.1, 0.15) is 0 Å². The van der Waals surface area contributed by atoms with Crippen molar-refractivity contribution in [3.63, 3.8) is 0 Å². The Balaban J connectivity index is 1.65. The highest BCUT2D eigenvalue weighted by Gasteiger charge is 2.23. The molecule has 0 unspecified atom stereocenters. The summed E-state index contributed by atoms with van der Waals surface area (Å²) in [6.07, 6.45) is 0. The Kier molecular flexibility index (Phi) is 4.47. The number of nitrogens with one attached hydrogen (secondary N) is 1. The van der Waals surface area contributed by atoms with E-state index in [2.05, 4.69) is 10.3 Å². The lowest BCUT2D eigenvalue weighted by atomic mass is 10.4. The number of anilines is 1. The third-order valence-electron chi connectivity index (χ3n) is 2.62. The summed E-state index contributed by atoms with van der Waals surface area (Å²) >= 11 is 6.74. The summed E-state index contributed by atoms with van der Waals surface area (Å²) in [5.74, 6) is 3.19. The van der Waals surface area contributed by atoms with Crippen LogP contribution in [0, 0.1) is 0 Å². The first kappa shape index (κ1) is 13.5. The minimum absolute atomic E-state index is 0.0628. The third kappa shape index (κ3) is 3.34. The Labute approximate surface area is 128 Å². The van der Waals surface area contributed by atoms with Gasteiger partial charge < -0.3 is 5.32 Å². The van der Waals surface area contributed by atoms with Crippen molar-refractivity contribution in [1.82, 2.24) is 4.98 Å². The van der Waals surface area contributed by atoms with Crippen LogP contribution in [-0.2, 0) is 4.79 Å². The molecule has 1 amide bonds. The van der Waals surface area contributed by atoms with Gasteiger partial charge in [-0.15, -0.1) is 34.4 Å². The molecule has 0 saturated carbocycles. The van der Waals surface area contributed by atoms with Crippen LogP contribution in [0.3, 0.4) is 0 Å². The molecule has 2 aromatic heterocycles. The highest BCUT2D eigenvalue weighted by atomic mass is 32.2. The quantitative estimate of drug-likeness (QED) is 0.934. The van der Waals surface area contributed by atoms with E-state index in [4.69, 9.17) is 0 Å². The lowest BCUT2D eigenvalue weighted by Crippen LogP contribution is -2.30. The minimum Gasteiger partial charge on any atom is -0.301 e. The molecule has 1 N–H and O–H groups in total. The summed E-state index contributed by atoms with van der Waals surface area (Å²) in [7, 11) is 0. The predicted molar refractivity (Wildman–Crippen MR) is 87.6 cm³/mol. The number of thiazole rings is 1. The van der Waals surface area contributed by atoms with E-state index in [0.29, 0.717) is 5.13 Å². The van der Waals surface area contributed by atoms with Crippen LogP contribution in [0.4, 0.5) is 5.13 Å². The third-order valence-corrected chi connectivity index (χ3v) is 7.02. The number of thioether (sulfide) groups is 2. The SMILES string of the molecule is O=C(Nc1nc(-c2cccs2)cs1)[C@H]1CSCCS1. The van der Waals surface area contributed by atoms with E-state index in [1.165, 1.54) is 11.3 Å². The van der Waals surface area contributed by atoms with Crippen LogP contribution in [0.1, 0.15) is 0 Å². The summed E-state index contributed by atoms with van der Waals surface area (Å²) in [6, 6.07) is 4.05. The topological polar surface area (TPSA) is 42.0 Å². The fourth-order valence-corrected chi connectivity index (χ4v) is 5.72. The second-order valence-corrected chi connectivity index (χ2v) is 8.21.